The average Bonchev–Trinajstić information content (AvgIpc) is 3.46. The molecule has 0 radical (unpaired) electrons. The third-order valence-corrected chi connectivity index (χ3v) is 6.96. The van der Waals surface area contributed by atoms with Gasteiger partial charge in [0.25, 0.3) is 0 Å². The normalized spacial score (nSPS) is 28.5. The summed E-state index contributed by atoms with van der Waals surface area (Å²) in [6.07, 6.45) is 7.29. The Kier molecular flexibility index (Phi) is 4.55. The third kappa shape index (κ3) is 3.19. The van der Waals surface area contributed by atoms with Crippen LogP contribution in [0.3, 0.4) is 0 Å². The average molecular weight is 421 g/mol. The van der Waals surface area contributed by atoms with E-state index in [9.17, 15) is 9.59 Å². The Labute approximate surface area is 182 Å². The number of aryl methyl sites for hydroxylation is 3. The van der Waals surface area contributed by atoms with E-state index >= 15 is 0 Å². The fourth-order valence-corrected chi connectivity index (χ4v) is 5.28. The molecule has 0 unspecified atom stereocenters. The molecule has 1 aromatic carbocycles. The summed E-state index contributed by atoms with van der Waals surface area (Å²) in [5, 5.41) is 4.17. The van der Waals surface area contributed by atoms with Crippen LogP contribution in [0.4, 0.5) is 0 Å². The van der Waals surface area contributed by atoms with Gasteiger partial charge in [0, 0.05) is 38.9 Å². The van der Waals surface area contributed by atoms with Gasteiger partial charge in [-0.2, -0.15) is 5.10 Å². The summed E-state index contributed by atoms with van der Waals surface area (Å²) in [4.78, 5) is 30.4. The number of nitrogens with zero attached hydrogens (tertiary/aromatic N) is 4. The monoisotopic (exact) mass is 420 g/mol. The number of benzene rings is 1. The van der Waals surface area contributed by atoms with E-state index in [0.29, 0.717) is 19.6 Å². The van der Waals surface area contributed by atoms with Crippen LogP contribution < -0.4 is 0 Å². The first-order valence-corrected chi connectivity index (χ1v) is 10.7. The van der Waals surface area contributed by atoms with Crippen molar-refractivity contribution >= 4 is 11.8 Å². The minimum Gasteiger partial charge on any atom is -0.360 e. The van der Waals surface area contributed by atoms with Crippen molar-refractivity contribution in [3.63, 3.8) is 0 Å². The Bertz CT molecular complexity index is 1090. The zero-order valence-electron chi connectivity index (χ0n) is 18.4. The molecule has 5 rings (SSSR count). The Balaban J connectivity index is 1.35. The van der Waals surface area contributed by atoms with Crippen LogP contribution in [-0.2, 0) is 34.5 Å². The molecule has 2 bridgehead atoms. The van der Waals surface area contributed by atoms with E-state index in [1.807, 2.05) is 30.3 Å². The molecule has 1 spiro atoms. The summed E-state index contributed by atoms with van der Waals surface area (Å²) >= 11 is 0. The molecule has 3 aliphatic rings. The quantitative estimate of drug-likeness (QED) is 0.694. The molecule has 7 heteroatoms. The predicted octanol–water partition coefficient (Wildman–Crippen LogP) is 1.98. The van der Waals surface area contributed by atoms with E-state index in [-0.39, 0.29) is 17.9 Å². The van der Waals surface area contributed by atoms with E-state index in [1.165, 1.54) is 11.1 Å². The lowest BCUT2D eigenvalue weighted by Gasteiger charge is -2.27. The molecule has 31 heavy (non-hydrogen) atoms. The van der Waals surface area contributed by atoms with Crippen LogP contribution in [0, 0.1) is 25.7 Å². The largest absolute Gasteiger partial charge is 0.360 e. The van der Waals surface area contributed by atoms with Crippen molar-refractivity contribution in [2.24, 2.45) is 18.9 Å². The maximum Gasteiger partial charge on any atom is 0.230 e. The molecule has 4 atom stereocenters. The van der Waals surface area contributed by atoms with E-state index in [4.69, 9.17) is 4.74 Å². The lowest BCUT2D eigenvalue weighted by molar-refractivity contribution is -0.142. The van der Waals surface area contributed by atoms with Crippen LogP contribution >= 0.6 is 0 Å². The first-order valence-electron chi connectivity index (χ1n) is 10.7. The fraction of sp³-hybridized carbons (Fsp3) is 0.458. The van der Waals surface area contributed by atoms with Crippen molar-refractivity contribution in [1.29, 1.82) is 0 Å². The summed E-state index contributed by atoms with van der Waals surface area (Å²) in [7, 11) is 3.63. The van der Waals surface area contributed by atoms with Crippen LogP contribution in [-0.4, -0.2) is 56.7 Å². The topological polar surface area (TPSA) is 67.7 Å². The zero-order chi connectivity index (χ0) is 21.9. The van der Waals surface area contributed by atoms with E-state index in [1.54, 1.807) is 22.8 Å². The molecular formula is C24H28N4O3. The van der Waals surface area contributed by atoms with E-state index in [0.717, 1.165) is 11.1 Å². The van der Waals surface area contributed by atoms with Crippen molar-refractivity contribution in [2.75, 3.05) is 13.6 Å². The van der Waals surface area contributed by atoms with E-state index in [2.05, 4.69) is 37.1 Å². The lowest BCUT2D eigenvalue weighted by atomic mass is 9.76. The van der Waals surface area contributed by atoms with Gasteiger partial charge in [0.1, 0.15) is 5.60 Å². The standard InChI is InChI=1S/C24H28N4O3/c1-15-5-6-17(9-16(15)2)13-28-14-24-8-7-19(31-24)20(21(24)23(28)30)22(29)26(3)11-18-10-25-27(4)12-18/h5-10,12,19-21H,11,13-14H2,1-4H3/t19-,20+,21+,24-/m0/s1. The number of hydrogen-bond acceptors (Lipinski definition) is 4. The van der Waals surface area contributed by atoms with Crippen molar-refractivity contribution < 1.29 is 14.3 Å². The fourth-order valence-electron chi connectivity index (χ4n) is 5.28. The number of aromatic nitrogens is 2. The molecule has 0 N–H and O–H groups in total. The second kappa shape index (κ2) is 7.05. The number of amides is 2. The number of hydrogen-bond donors (Lipinski definition) is 0. The second-order valence-electron chi connectivity index (χ2n) is 9.23. The third-order valence-electron chi connectivity index (χ3n) is 6.96. The summed E-state index contributed by atoms with van der Waals surface area (Å²) < 4.78 is 7.99. The molecule has 3 aliphatic heterocycles. The highest BCUT2D eigenvalue weighted by molar-refractivity contribution is 5.93. The van der Waals surface area contributed by atoms with Crippen LogP contribution in [0.15, 0.2) is 42.7 Å². The number of fused-ring (bicyclic) bond motifs is 1. The summed E-state index contributed by atoms with van der Waals surface area (Å²) in [5.41, 5.74) is 3.82. The van der Waals surface area contributed by atoms with Crippen LogP contribution in [0.25, 0.3) is 0 Å². The molecule has 2 saturated heterocycles. The SMILES string of the molecule is Cc1ccc(CN2C[C@]34C=C[C@H](O3)[C@@H](C(=O)N(C)Cc3cnn(C)c3)[C@@H]4C2=O)cc1C. The number of carbonyl (C=O) groups excluding carboxylic acids is 2. The van der Waals surface area contributed by atoms with Gasteiger partial charge >= 0.3 is 0 Å². The van der Waals surface area contributed by atoms with Gasteiger partial charge in [0.15, 0.2) is 0 Å². The molecule has 2 amide bonds. The predicted molar refractivity (Wildman–Crippen MR) is 115 cm³/mol. The molecular weight excluding hydrogens is 392 g/mol. The first-order chi connectivity index (χ1) is 14.8. The summed E-state index contributed by atoms with van der Waals surface area (Å²) in [6.45, 7) is 5.65. The highest BCUT2D eigenvalue weighted by Gasteiger charge is 2.67. The van der Waals surface area contributed by atoms with Gasteiger partial charge in [-0.15, -0.1) is 0 Å². The lowest BCUT2D eigenvalue weighted by Crippen LogP contribution is -2.44. The maximum absolute atomic E-state index is 13.5. The minimum absolute atomic E-state index is 0.0122. The Hall–Kier alpha value is -2.93. The summed E-state index contributed by atoms with van der Waals surface area (Å²) in [5.74, 6) is -0.980. The Morgan fingerprint density at radius 2 is 2.10 bits per heavy atom. The number of rotatable bonds is 5. The smallest absolute Gasteiger partial charge is 0.230 e. The highest BCUT2D eigenvalue weighted by Crippen LogP contribution is 2.52. The molecule has 2 aromatic rings. The van der Waals surface area contributed by atoms with Gasteiger partial charge in [-0.1, -0.05) is 30.4 Å². The molecule has 162 valence electrons. The molecule has 2 fully saturated rings. The second-order valence-corrected chi connectivity index (χ2v) is 9.23. The molecule has 7 nitrogen and oxygen atoms in total. The van der Waals surface area contributed by atoms with Crippen LogP contribution in [0.1, 0.15) is 22.3 Å². The van der Waals surface area contributed by atoms with Crippen molar-refractivity contribution in [3.05, 3.63) is 65.0 Å². The van der Waals surface area contributed by atoms with Gasteiger partial charge in [-0.3, -0.25) is 14.3 Å². The van der Waals surface area contributed by atoms with Crippen molar-refractivity contribution in [2.45, 2.75) is 38.6 Å². The van der Waals surface area contributed by atoms with Gasteiger partial charge in [0.05, 0.1) is 30.7 Å². The number of likely N-dealkylation sites (tertiary alicyclic amines) is 1. The molecule has 0 saturated carbocycles. The first kappa shape index (κ1) is 20.0. The molecule has 1 aromatic heterocycles. The van der Waals surface area contributed by atoms with Crippen molar-refractivity contribution in [1.82, 2.24) is 19.6 Å². The van der Waals surface area contributed by atoms with E-state index < -0.39 is 17.4 Å². The van der Waals surface area contributed by atoms with Gasteiger partial charge in [-0.25, -0.2) is 0 Å². The van der Waals surface area contributed by atoms with Crippen LogP contribution in [0.2, 0.25) is 0 Å². The van der Waals surface area contributed by atoms with Gasteiger partial charge < -0.3 is 14.5 Å². The van der Waals surface area contributed by atoms with Crippen LogP contribution in [0.5, 0.6) is 0 Å². The molecule has 0 aliphatic carbocycles. The maximum atomic E-state index is 13.5. The zero-order valence-corrected chi connectivity index (χ0v) is 18.4. The van der Waals surface area contributed by atoms with Crippen molar-refractivity contribution in [3.8, 4) is 0 Å². The van der Waals surface area contributed by atoms with Gasteiger partial charge in [0.2, 0.25) is 11.8 Å². The number of carbonyl (C=O) groups is 2. The number of ether oxygens (including phenoxy) is 1. The summed E-state index contributed by atoms with van der Waals surface area (Å²) in [6, 6.07) is 6.29. The molecule has 4 heterocycles. The Morgan fingerprint density at radius 3 is 2.81 bits per heavy atom. The van der Waals surface area contributed by atoms with Gasteiger partial charge in [-0.05, 0) is 30.5 Å². The highest BCUT2D eigenvalue weighted by atomic mass is 16.5. The minimum atomic E-state index is -0.684. The Morgan fingerprint density at radius 1 is 1.29 bits per heavy atom.